The molecule has 1 aromatic rings. The summed E-state index contributed by atoms with van der Waals surface area (Å²) >= 11 is 7.45. The summed E-state index contributed by atoms with van der Waals surface area (Å²) in [5.41, 5.74) is 0. The Hall–Kier alpha value is -0.840. The first kappa shape index (κ1) is 14.6. The molecule has 1 N–H and O–H groups in total. The Balaban J connectivity index is 2.01. The van der Waals surface area contributed by atoms with Crippen LogP contribution >= 0.6 is 22.9 Å². The molecular formula is C14H19ClN2OS. The van der Waals surface area contributed by atoms with Crippen molar-refractivity contribution in [3.05, 3.63) is 34.0 Å². The van der Waals surface area contributed by atoms with Crippen molar-refractivity contribution in [3.63, 3.8) is 0 Å². The van der Waals surface area contributed by atoms with Crippen molar-refractivity contribution in [1.29, 1.82) is 0 Å². The Morgan fingerprint density at radius 3 is 3.00 bits per heavy atom. The summed E-state index contributed by atoms with van der Waals surface area (Å²) in [6.45, 7) is 5.86. The van der Waals surface area contributed by atoms with E-state index < -0.39 is 0 Å². The molecule has 1 aromatic heterocycles. The number of thiophene rings is 1. The van der Waals surface area contributed by atoms with Crippen LogP contribution in [0.4, 0.5) is 0 Å². The predicted molar refractivity (Wildman–Crippen MR) is 80.6 cm³/mol. The number of hydrogen-bond acceptors (Lipinski definition) is 3. The van der Waals surface area contributed by atoms with E-state index in [1.54, 1.807) is 6.08 Å². The quantitative estimate of drug-likeness (QED) is 0.847. The molecule has 1 aliphatic heterocycles. The number of nitrogens with one attached hydrogen (secondary N) is 1. The summed E-state index contributed by atoms with van der Waals surface area (Å²) in [4.78, 5) is 15.4. The van der Waals surface area contributed by atoms with Crippen LogP contribution in [0.3, 0.4) is 0 Å². The van der Waals surface area contributed by atoms with Crippen molar-refractivity contribution in [1.82, 2.24) is 10.2 Å². The Bertz CT molecular complexity index is 440. The van der Waals surface area contributed by atoms with Gasteiger partial charge in [-0.2, -0.15) is 0 Å². The molecule has 1 atom stereocenters. The van der Waals surface area contributed by atoms with E-state index in [1.807, 2.05) is 17.0 Å². The van der Waals surface area contributed by atoms with E-state index in [-0.39, 0.29) is 11.9 Å². The fourth-order valence-corrected chi connectivity index (χ4v) is 3.40. The van der Waals surface area contributed by atoms with Crippen LogP contribution in [-0.2, 0) is 11.3 Å². The summed E-state index contributed by atoms with van der Waals surface area (Å²) < 4.78 is 0.761. The maximum atomic E-state index is 12.5. The second-order valence-electron chi connectivity index (χ2n) is 4.72. The van der Waals surface area contributed by atoms with Crippen molar-refractivity contribution >= 4 is 28.8 Å². The monoisotopic (exact) mass is 298 g/mol. The third kappa shape index (κ3) is 4.06. The molecule has 0 bridgehead atoms. The topological polar surface area (TPSA) is 32.3 Å². The highest BCUT2D eigenvalue weighted by Gasteiger charge is 2.25. The minimum Gasteiger partial charge on any atom is -0.332 e. The van der Waals surface area contributed by atoms with Crippen molar-refractivity contribution in [2.24, 2.45) is 0 Å². The van der Waals surface area contributed by atoms with Crippen molar-refractivity contribution < 1.29 is 4.79 Å². The zero-order chi connectivity index (χ0) is 13.7. The largest absolute Gasteiger partial charge is 0.332 e. The molecule has 2 heterocycles. The summed E-state index contributed by atoms with van der Waals surface area (Å²) in [5.74, 6) is 0.170. The summed E-state index contributed by atoms with van der Waals surface area (Å²) in [5, 5.41) is 3.30. The van der Waals surface area contributed by atoms with E-state index >= 15 is 0 Å². The number of nitrogens with zero attached hydrogens (tertiary/aromatic N) is 1. The van der Waals surface area contributed by atoms with Crippen LogP contribution in [0.1, 0.15) is 24.1 Å². The number of hydrogen-bond donors (Lipinski definition) is 1. The lowest BCUT2D eigenvalue weighted by Gasteiger charge is -2.29. The highest BCUT2D eigenvalue weighted by Crippen LogP contribution is 2.23. The predicted octanol–water partition coefficient (Wildman–Crippen LogP) is 3.06. The number of halogens is 1. The second-order valence-corrected chi connectivity index (χ2v) is 6.52. The van der Waals surface area contributed by atoms with Gasteiger partial charge in [0, 0.05) is 11.4 Å². The van der Waals surface area contributed by atoms with E-state index in [1.165, 1.54) is 11.3 Å². The molecule has 2 rings (SSSR count). The molecule has 5 heteroatoms. The number of carbonyl (C=O) groups is 1. The van der Waals surface area contributed by atoms with Crippen LogP contribution < -0.4 is 5.32 Å². The van der Waals surface area contributed by atoms with Gasteiger partial charge in [-0.3, -0.25) is 4.79 Å². The van der Waals surface area contributed by atoms with Gasteiger partial charge in [0.15, 0.2) is 0 Å². The van der Waals surface area contributed by atoms with Crippen LogP contribution in [0.15, 0.2) is 24.8 Å². The lowest BCUT2D eigenvalue weighted by atomic mass is 10.0. The molecule has 0 radical (unpaired) electrons. The second kappa shape index (κ2) is 7.08. The first-order valence-electron chi connectivity index (χ1n) is 6.58. The van der Waals surface area contributed by atoms with Gasteiger partial charge in [0.05, 0.1) is 16.9 Å². The number of piperidine rings is 1. The van der Waals surface area contributed by atoms with Crippen molar-refractivity contribution in [2.75, 3.05) is 13.1 Å². The smallest absolute Gasteiger partial charge is 0.240 e. The minimum absolute atomic E-state index is 0.0378. The third-order valence-electron chi connectivity index (χ3n) is 3.25. The van der Waals surface area contributed by atoms with Crippen LogP contribution in [0.2, 0.25) is 4.34 Å². The van der Waals surface area contributed by atoms with E-state index in [2.05, 4.69) is 11.9 Å². The van der Waals surface area contributed by atoms with Gasteiger partial charge in [0.1, 0.15) is 0 Å². The summed E-state index contributed by atoms with van der Waals surface area (Å²) in [6, 6.07) is 3.81. The SMILES string of the molecule is C=CCN(Cc1ccc(Cl)s1)C(=O)[C@H]1CCCCN1. The summed E-state index contributed by atoms with van der Waals surface area (Å²) in [6.07, 6.45) is 4.98. The van der Waals surface area contributed by atoms with Gasteiger partial charge in [-0.1, -0.05) is 24.1 Å². The number of amides is 1. The van der Waals surface area contributed by atoms with Crippen molar-refractivity contribution in [3.8, 4) is 0 Å². The third-order valence-corrected chi connectivity index (χ3v) is 4.46. The highest BCUT2D eigenvalue weighted by molar-refractivity contribution is 7.16. The molecule has 1 amide bonds. The van der Waals surface area contributed by atoms with Crippen LogP contribution in [-0.4, -0.2) is 29.9 Å². The van der Waals surface area contributed by atoms with Gasteiger partial charge in [0.2, 0.25) is 5.91 Å². The molecule has 1 saturated heterocycles. The molecule has 1 aliphatic rings. The van der Waals surface area contributed by atoms with E-state index in [0.717, 1.165) is 35.0 Å². The molecule has 0 spiro atoms. The molecule has 0 aliphatic carbocycles. The molecule has 1 fully saturated rings. The average molecular weight is 299 g/mol. The number of carbonyl (C=O) groups excluding carboxylic acids is 1. The molecule has 104 valence electrons. The van der Waals surface area contributed by atoms with Crippen LogP contribution in [0, 0.1) is 0 Å². The minimum atomic E-state index is -0.0378. The standard InChI is InChI=1S/C14H19ClN2OS/c1-2-9-17(10-11-6-7-13(15)19-11)14(18)12-5-3-4-8-16-12/h2,6-7,12,16H,1,3-5,8-10H2/t12-/m1/s1. The zero-order valence-electron chi connectivity index (χ0n) is 10.9. The van der Waals surface area contributed by atoms with E-state index in [0.29, 0.717) is 13.1 Å². The van der Waals surface area contributed by atoms with Gasteiger partial charge in [0.25, 0.3) is 0 Å². The van der Waals surface area contributed by atoms with Gasteiger partial charge < -0.3 is 10.2 Å². The first-order chi connectivity index (χ1) is 9.20. The van der Waals surface area contributed by atoms with Crippen molar-refractivity contribution in [2.45, 2.75) is 31.8 Å². The average Bonchev–Trinajstić information content (AvgIpc) is 2.84. The Kier molecular flexibility index (Phi) is 5.43. The summed E-state index contributed by atoms with van der Waals surface area (Å²) in [7, 11) is 0. The molecule has 0 aromatic carbocycles. The maximum Gasteiger partial charge on any atom is 0.240 e. The number of rotatable bonds is 5. The zero-order valence-corrected chi connectivity index (χ0v) is 12.5. The Labute approximate surface area is 123 Å². The maximum absolute atomic E-state index is 12.5. The first-order valence-corrected chi connectivity index (χ1v) is 7.77. The van der Waals surface area contributed by atoms with Crippen LogP contribution in [0.5, 0.6) is 0 Å². The fourth-order valence-electron chi connectivity index (χ4n) is 2.30. The lowest BCUT2D eigenvalue weighted by molar-refractivity contribution is -0.134. The van der Waals surface area contributed by atoms with Gasteiger partial charge in [-0.25, -0.2) is 0 Å². The molecule has 19 heavy (non-hydrogen) atoms. The Morgan fingerprint density at radius 2 is 2.42 bits per heavy atom. The molecular weight excluding hydrogens is 280 g/mol. The molecule has 0 saturated carbocycles. The van der Waals surface area contributed by atoms with Gasteiger partial charge in [-0.15, -0.1) is 17.9 Å². The van der Waals surface area contributed by atoms with E-state index in [4.69, 9.17) is 11.6 Å². The molecule has 0 unspecified atom stereocenters. The highest BCUT2D eigenvalue weighted by atomic mass is 35.5. The normalized spacial score (nSPS) is 19.1. The fraction of sp³-hybridized carbons (Fsp3) is 0.500. The van der Waals surface area contributed by atoms with Crippen LogP contribution in [0.25, 0.3) is 0 Å². The van der Waals surface area contributed by atoms with Gasteiger partial charge >= 0.3 is 0 Å². The Morgan fingerprint density at radius 1 is 1.58 bits per heavy atom. The van der Waals surface area contributed by atoms with Gasteiger partial charge in [-0.05, 0) is 31.5 Å². The van der Waals surface area contributed by atoms with E-state index in [9.17, 15) is 4.79 Å². The molecule has 3 nitrogen and oxygen atoms in total. The lowest BCUT2D eigenvalue weighted by Crippen LogP contribution is -2.48.